The molecule has 1 fully saturated rings. The molecule has 4 heteroatoms. The van der Waals surface area contributed by atoms with Crippen molar-refractivity contribution in [2.75, 3.05) is 5.88 Å². The quantitative estimate of drug-likeness (QED) is 0.745. The molecule has 0 atom stereocenters. The van der Waals surface area contributed by atoms with E-state index in [1.54, 1.807) is 6.07 Å². The van der Waals surface area contributed by atoms with Gasteiger partial charge in [-0.15, -0.1) is 11.6 Å². The van der Waals surface area contributed by atoms with Crippen molar-refractivity contribution in [3.63, 3.8) is 0 Å². The fraction of sp³-hybridized carbons (Fsp3) is 0.600. The Morgan fingerprint density at radius 2 is 1.95 bits per heavy atom. The van der Waals surface area contributed by atoms with Crippen LogP contribution in [0.3, 0.4) is 0 Å². The van der Waals surface area contributed by atoms with E-state index >= 15 is 0 Å². The van der Waals surface area contributed by atoms with Crippen LogP contribution in [0.25, 0.3) is 0 Å². The molecule has 1 nitrogen and oxygen atoms in total. The van der Waals surface area contributed by atoms with Crippen LogP contribution < -0.4 is 5.32 Å². The number of benzene rings is 1. The third-order valence-electron chi connectivity index (χ3n) is 4.16. The average Bonchev–Trinajstić information content (AvgIpc) is 2.40. The summed E-state index contributed by atoms with van der Waals surface area (Å²) in [4.78, 5) is 0. The largest absolute Gasteiger partial charge is 0.306 e. The van der Waals surface area contributed by atoms with Crippen molar-refractivity contribution >= 4 is 34.8 Å². The van der Waals surface area contributed by atoms with E-state index in [2.05, 4.69) is 12.2 Å². The zero-order valence-electron chi connectivity index (χ0n) is 11.2. The molecule has 0 heterocycles. The van der Waals surface area contributed by atoms with Gasteiger partial charge in [-0.2, -0.15) is 0 Å². The van der Waals surface area contributed by atoms with Crippen molar-refractivity contribution in [2.45, 2.75) is 44.7 Å². The molecule has 1 aromatic carbocycles. The SMILES string of the molecule is CC1CCC(CCl)(NCc2ccc(Cl)cc2Cl)CC1. The summed E-state index contributed by atoms with van der Waals surface area (Å²) in [5.74, 6) is 1.47. The zero-order chi connectivity index (χ0) is 13.9. The van der Waals surface area contributed by atoms with E-state index in [1.165, 1.54) is 12.8 Å². The van der Waals surface area contributed by atoms with Crippen LogP contribution in [-0.2, 0) is 6.54 Å². The van der Waals surface area contributed by atoms with E-state index in [0.717, 1.165) is 30.9 Å². The van der Waals surface area contributed by atoms with Crippen LogP contribution in [0.1, 0.15) is 38.2 Å². The summed E-state index contributed by atoms with van der Waals surface area (Å²) in [7, 11) is 0. The number of hydrogen-bond donors (Lipinski definition) is 1. The lowest BCUT2D eigenvalue weighted by atomic mass is 9.78. The van der Waals surface area contributed by atoms with Crippen molar-refractivity contribution in [2.24, 2.45) is 5.92 Å². The third kappa shape index (κ3) is 4.01. The first-order chi connectivity index (χ1) is 9.04. The molecular formula is C15H20Cl3N. The van der Waals surface area contributed by atoms with Crippen molar-refractivity contribution in [3.05, 3.63) is 33.8 Å². The highest BCUT2D eigenvalue weighted by Crippen LogP contribution is 2.33. The first kappa shape index (κ1) is 15.4. The summed E-state index contributed by atoms with van der Waals surface area (Å²) in [6.07, 6.45) is 4.77. The summed E-state index contributed by atoms with van der Waals surface area (Å²) in [6, 6.07) is 5.64. The first-order valence-electron chi connectivity index (χ1n) is 6.79. The third-order valence-corrected chi connectivity index (χ3v) is 5.25. The Morgan fingerprint density at radius 3 is 2.53 bits per heavy atom. The Hall–Kier alpha value is 0.0500. The van der Waals surface area contributed by atoms with Gasteiger partial charge in [0.05, 0.1) is 0 Å². The van der Waals surface area contributed by atoms with Gasteiger partial charge in [0.2, 0.25) is 0 Å². The molecule has 0 aromatic heterocycles. The standard InChI is InChI=1S/C15H20Cl3N/c1-11-4-6-15(10-16,7-5-11)19-9-12-2-3-13(17)8-14(12)18/h2-3,8,11,19H,4-7,9-10H2,1H3. The molecule has 1 saturated carbocycles. The second kappa shape index (κ2) is 6.67. The van der Waals surface area contributed by atoms with Crippen molar-refractivity contribution < 1.29 is 0 Å². The van der Waals surface area contributed by atoms with Gasteiger partial charge in [-0.25, -0.2) is 0 Å². The maximum atomic E-state index is 6.20. The summed E-state index contributed by atoms with van der Waals surface area (Å²) >= 11 is 18.3. The van der Waals surface area contributed by atoms with Crippen molar-refractivity contribution in [3.8, 4) is 0 Å². The number of nitrogens with one attached hydrogen (secondary N) is 1. The molecule has 0 spiro atoms. The number of alkyl halides is 1. The van der Waals surface area contributed by atoms with Gasteiger partial charge < -0.3 is 5.32 Å². The molecule has 1 aromatic rings. The average molecular weight is 321 g/mol. The maximum Gasteiger partial charge on any atom is 0.0465 e. The van der Waals surface area contributed by atoms with E-state index < -0.39 is 0 Å². The normalized spacial score (nSPS) is 27.5. The van der Waals surface area contributed by atoms with Crippen LogP contribution >= 0.6 is 34.8 Å². The van der Waals surface area contributed by atoms with Crippen LogP contribution in [-0.4, -0.2) is 11.4 Å². The Morgan fingerprint density at radius 1 is 1.26 bits per heavy atom. The molecule has 2 rings (SSSR count). The van der Waals surface area contributed by atoms with Gasteiger partial charge in [-0.05, 0) is 49.3 Å². The first-order valence-corrected chi connectivity index (χ1v) is 8.09. The topological polar surface area (TPSA) is 12.0 Å². The van der Waals surface area contributed by atoms with Gasteiger partial charge >= 0.3 is 0 Å². The van der Waals surface area contributed by atoms with E-state index in [1.807, 2.05) is 12.1 Å². The monoisotopic (exact) mass is 319 g/mol. The summed E-state index contributed by atoms with van der Waals surface area (Å²) in [5, 5.41) is 5.01. The lowest BCUT2D eigenvalue weighted by Crippen LogP contribution is -2.49. The Kier molecular flexibility index (Phi) is 5.42. The minimum absolute atomic E-state index is 0.0665. The second-order valence-corrected chi connectivity index (χ2v) is 6.80. The number of hydrogen-bond acceptors (Lipinski definition) is 1. The fourth-order valence-corrected chi connectivity index (χ4v) is 3.46. The van der Waals surface area contributed by atoms with Crippen LogP contribution in [0.4, 0.5) is 0 Å². The van der Waals surface area contributed by atoms with Gasteiger partial charge in [-0.1, -0.05) is 36.2 Å². The molecule has 0 saturated heterocycles. The molecular weight excluding hydrogens is 301 g/mol. The van der Waals surface area contributed by atoms with E-state index in [4.69, 9.17) is 34.8 Å². The highest BCUT2D eigenvalue weighted by Gasteiger charge is 2.32. The molecule has 0 bridgehead atoms. The highest BCUT2D eigenvalue weighted by molar-refractivity contribution is 6.35. The van der Waals surface area contributed by atoms with Crippen LogP contribution in [0.5, 0.6) is 0 Å². The Bertz CT molecular complexity index is 425. The summed E-state index contributed by atoms with van der Waals surface area (Å²) in [6.45, 7) is 3.06. The molecule has 1 N–H and O–H groups in total. The van der Waals surface area contributed by atoms with Crippen LogP contribution in [0.15, 0.2) is 18.2 Å². The lowest BCUT2D eigenvalue weighted by Gasteiger charge is -2.39. The highest BCUT2D eigenvalue weighted by atomic mass is 35.5. The molecule has 0 aliphatic heterocycles. The molecule has 1 aliphatic carbocycles. The molecule has 106 valence electrons. The second-order valence-electron chi connectivity index (χ2n) is 5.69. The molecule has 0 unspecified atom stereocenters. The predicted octanol–water partition coefficient (Wildman–Crippen LogP) is 5.27. The number of rotatable bonds is 4. The van der Waals surface area contributed by atoms with Gasteiger partial charge in [0, 0.05) is 28.0 Å². The zero-order valence-corrected chi connectivity index (χ0v) is 13.5. The van der Waals surface area contributed by atoms with Gasteiger partial charge in [0.25, 0.3) is 0 Å². The molecule has 1 aliphatic rings. The molecule has 19 heavy (non-hydrogen) atoms. The number of halogens is 3. The van der Waals surface area contributed by atoms with E-state index in [0.29, 0.717) is 15.9 Å². The van der Waals surface area contributed by atoms with Crippen LogP contribution in [0, 0.1) is 5.92 Å². The summed E-state index contributed by atoms with van der Waals surface area (Å²) in [5.41, 5.74) is 1.14. The van der Waals surface area contributed by atoms with Gasteiger partial charge in [-0.3, -0.25) is 0 Å². The summed E-state index contributed by atoms with van der Waals surface area (Å²) < 4.78 is 0. The van der Waals surface area contributed by atoms with Crippen molar-refractivity contribution in [1.29, 1.82) is 0 Å². The fourth-order valence-electron chi connectivity index (χ4n) is 2.62. The van der Waals surface area contributed by atoms with Gasteiger partial charge in [0.15, 0.2) is 0 Å². The van der Waals surface area contributed by atoms with E-state index in [9.17, 15) is 0 Å². The smallest absolute Gasteiger partial charge is 0.0465 e. The minimum Gasteiger partial charge on any atom is -0.306 e. The lowest BCUT2D eigenvalue weighted by molar-refractivity contribution is 0.216. The molecule has 0 amide bonds. The minimum atomic E-state index is 0.0665. The Labute approximate surface area is 130 Å². The Balaban J connectivity index is 2.00. The van der Waals surface area contributed by atoms with Crippen LogP contribution in [0.2, 0.25) is 10.0 Å². The van der Waals surface area contributed by atoms with Gasteiger partial charge in [0.1, 0.15) is 0 Å². The van der Waals surface area contributed by atoms with E-state index in [-0.39, 0.29) is 5.54 Å². The predicted molar refractivity (Wildman–Crippen MR) is 84.4 cm³/mol. The van der Waals surface area contributed by atoms with Crippen molar-refractivity contribution in [1.82, 2.24) is 5.32 Å². The maximum absolute atomic E-state index is 6.20. The molecule has 0 radical (unpaired) electrons.